The van der Waals surface area contributed by atoms with Crippen LogP contribution in [0.4, 0.5) is 5.13 Å². The quantitative estimate of drug-likeness (QED) is 0.579. The second-order valence-corrected chi connectivity index (χ2v) is 6.95. The van der Waals surface area contributed by atoms with E-state index < -0.39 is 6.10 Å². The average Bonchev–Trinajstić information content (AvgIpc) is 3.00. The number of nitrogens with zero attached hydrogens (tertiary/aromatic N) is 2. The Labute approximate surface area is 143 Å². The Balaban J connectivity index is 2.03. The number of ether oxygens (including phenoxy) is 2. The number of anilines is 1. The summed E-state index contributed by atoms with van der Waals surface area (Å²) in [7, 11) is 1.57. The third kappa shape index (κ3) is 4.84. The summed E-state index contributed by atoms with van der Waals surface area (Å²) in [6.07, 6.45) is -0.100. The number of hydrogen-bond donors (Lipinski definition) is 1. The van der Waals surface area contributed by atoms with Crippen molar-refractivity contribution in [2.45, 2.75) is 30.7 Å². The van der Waals surface area contributed by atoms with Gasteiger partial charge in [-0.15, -0.1) is 10.2 Å². The van der Waals surface area contributed by atoms with Gasteiger partial charge in [0.1, 0.15) is 0 Å². The van der Waals surface area contributed by atoms with E-state index in [4.69, 9.17) is 9.47 Å². The van der Waals surface area contributed by atoms with E-state index in [0.29, 0.717) is 23.1 Å². The Morgan fingerprint density at radius 3 is 2.70 bits per heavy atom. The van der Waals surface area contributed by atoms with Gasteiger partial charge in [-0.25, -0.2) is 0 Å². The molecule has 1 aromatic heterocycles. The molecule has 0 saturated heterocycles. The molecule has 0 saturated carbocycles. The summed E-state index contributed by atoms with van der Waals surface area (Å²) < 4.78 is 11.9. The second-order valence-electron chi connectivity index (χ2n) is 4.46. The van der Waals surface area contributed by atoms with E-state index in [1.54, 1.807) is 31.0 Å². The van der Waals surface area contributed by atoms with Crippen LogP contribution in [0.5, 0.6) is 11.5 Å². The van der Waals surface area contributed by atoms with Crippen molar-refractivity contribution in [1.82, 2.24) is 10.2 Å². The van der Waals surface area contributed by atoms with Gasteiger partial charge in [-0.1, -0.05) is 49.1 Å². The molecule has 2 aromatic rings. The molecule has 1 amide bonds. The number of rotatable bonds is 8. The van der Waals surface area contributed by atoms with E-state index in [-0.39, 0.29) is 5.91 Å². The maximum absolute atomic E-state index is 12.4. The number of thioether (sulfide) groups is 1. The lowest BCUT2D eigenvalue weighted by Gasteiger charge is -2.17. The van der Waals surface area contributed by atoms with Crippen molar-refractivity contribution in [1.29, 1.82) is 0 Å². The lowest BCUT2D eigenvalue weighted by Crippen LogP contribution is -2.32. The van der Waals surface area contributed by atoms with Gasteiger partial charge >= 0.3 is 0 Å². The fourth-order valence-corrected chi connectivity index (χ4v) is 3.47. The zero-order valence-electron chi connectivity index (χ0n) is 13.2. The van der Waals surface area contributed by atoms with Gasteiger partial charge in [-0.3, -0.25) is 10.1 Å². The van der Waals surface area contributed by atoms with Crippen LogP contribution in [0.25, 0.3) is 0 Å². The zero-order chi connectivity index (χ0) is 16.7. The van der Waals surface area contributed by atoms with Crippen molar-refractivity contribution in [2.75, 3.05) is 18.2 Å². The highest BCUT2D eigenvalue weighted by Crippen LogP contribution is 2.28. The lowest BCUT2D eigenvalue weighted by atomic mass is 10.2. The van der Waals surface area contributed by atoms with Crippen molar-refractivity contribution >= 4 is 34.1 Å². The van der Waals surface area contributed by atoms with Crippen LogP contribution >= 0.6 is 23.1 Å². The average molecular weight is 353 g/mol. The molecule has 1 heterocycles. The molecule has 0 unspecified atom stereocenters. The van der Waals surface area contributed by atoms with Crippen LogP contribution in [0.3, 0.4) is 0 Å². The van der Waals surface area contributed by atoms with Crippen molar-refractivity contribution < 1.29 is 14.3 Å². The number of para-hydroxylation sites is 2. The molecule has 1 atom stereocenters. The number of aromatic nitrogens is 2. The molecule has 1 aromatic carbocycles. The Morgan fingerprint density at radius 1 is 1.30 bits per heavy atom. The van der Waals surface area contributed by atoms with E-state index in [2.05, 4.69) is 15.5 Å². The van der Waals surface area contributed by atoms with Crippen molar-refractivity contribution in [3.05, 3.63) is 24.3 Å². The third-order valence-electron chi connectivity index (χ3n) is 2.91. The van der Waals surface area contributed by atoms with E-state index >= 15 is 0 Å². The SMILES string of the molecule is CCSc1nnc(NC(=O)[C@@H](CC)Oc2ccccc2OC)s1. The zero-order valence-corrected chi connectivity index (χ0v) is 14.9. The Kier molecular flexibility index (Phi) is 6.66. The van der Waals surface area contributed by atoms with Crippen molar-refractivity contribution in [3.8, 4) is 11.5 Å². The second kappa shape index (κ2) is 8.73. The summed E-state index contributed by atoms with van der Waals surface area (Å²) in [5.74, 6) is 1.80. The molecule has 0 spiro atoms. The highest BCUT2D eigenvalue weighted by molar-refractivity contribution is 8.01. The topological polar surface area (TPSA) is 73.3 Å². The molecule has 0 bridgehead atoms. The van der Waals surface area contributed by atoms with E-state index in [1.165, 1.54) is 11.3 Å². The summed E-state index contributed by atoms with van der Waals surface area (Å²) in [6.45, 7) is 3.93. The monoisotopic (exact) mass is 353 g/mol. The first-order chi connectivity index (χ1) is 11.2. The van der Waals surface area contributed by atoms with Crippen LogP contribution in [-0.2, 0) is 4.79 Å². The molecule has 0 aliphatic heterocycles. The Hall–Kier alpha value is -1.80. The number of amides is 1. The molecule has 6 nitrogen and oxygen atoms in total. The van der Waals surface area contributed by atoms with Gasteiger partial charge in [0.2, 0.25) is 5.13 Å². The molecule has 0 aliphatic rings. The first kappa shape index (κ1) is 17.6. The minimum atomic E-state index is -0.627. The van der Waals surface area contributed by atoms with Crippen LogP contribution in [0.15, 0.2) is 28.6 Å². The highest BCUT2D eigenvalue weighted by Gasteiger charge is 2.21. The summed E-state index contributed by atoms with van der Waals surface area (Å²) in [4.78, 5) is 12.4. The van der Waals surface area contributed by atoms with Gasteiger partial charge in [0.05, 0.1) is 7.11 Å². The largest absolute Gasteiger partial charge is 0.493 e. The number of hydrogen-bond acceptors (Lipinski definition) is 7. The van der Waals surface area contributed by atoms with Gasteiger partial charge in [-0.05, 0) is 24.3 Å². The summed E-state index contributed by atoms with van der Waals surface area (Å²) in [5.41, 5.74) is 0. The number of methoxy groups -OCH3 is 1. The number of carbonyl (C=O) groups excluding carboxylic acids is 1. The first-order valence-electron chi connectivity index (χ1n) is 7.24. The molecule has 8 heteroatoms. The molecule has 2 rings (SSSR count). The van der Waals surface area contributed by atoms with E-state index in [1.807, 2.05) is 26.0 Å². The van der Waals surface area contributed by atoms with Gasteiger partial charge < -0.3 is 9.47 Å². The Bertz CT molecular complexity index is 648. The predicted octanol–water partition coefficient (Wildman–Crippen LogP) is 3.45. The minimum absolute atomic E-state index is 0.248. The molecule has 0 fully saturated rings. The van der Waals surface area contributed by atoms with Crippen LogP contribution in [0.2, 0.25) is 0 Å². The van der Waals surface area contributed by atoms with Gasteiger partial charge in [0.25, 0.3) is 5.91 Å². The number of carbonyl (C=O) groups is 1. The predicted molar refractivity (Wildman–Crippen MR) is 92.6 cm³/mol. The van der Waals surface area contributed by atoms with Crippen molar-refractivity contribution in [3.63, 3.8) is 0 Å². The Morgan fingerprint density at radius 2 is 2.04 bits per heavy atom. The van der Waals surface area contributed by atoms with E-state index in [9.17, 15) is 4.79 Å². The number of nitrogens with one attached hydrogen (secondary N) is 1. The highest BCUT2D eigenvalue weighted by atomic mass is 32.2. The summed E-state index contributed by atoms with van der Waals surface area (Å²) in [5, 5.41) is 11.2. The minimum Gasteiger partial charge on any atom is -0.493 e. The molecule has 23 heavy (non-hydrogen) atoms. The maximum atomic E-state index is 12.4. The third-order valence-corrected chi connectivity index (χ3v) is 4.76. The fourth-order valence-electron chi connectivity index (χ4n) is 1.82. The maximum Gasteiger partial charge on any atom is 0.267 e. The normalized spacial score (nSPS) is 11.8. The van der Waals surface area contributed by atoms with E-state index in [0.717, 1.165) is 10.1 Å². The van der Waals surface area contributed by atoms with Gasteiger partial charge in [0, 0.05) is 0 Å². The van der Waals surface area contributed by atoms with Crippen LogP contribution in [-0.4, -0.2) is 35.1 Å². The molecule has 1 N–H and O–H groups in total. The molecular weight excluding hydrogens is 334 g/mol. The number of benzene rings is 1. The van der Waals surface area contributed by atoms with Crippen LogP contribution in [0.1, 0.15) is 20.3 Å². The summed E-state index contributed by atoms with van der Waals surface area (Å²) >= 11 is 2.95. The van der Waals surface area contributed by atoms with Crippen LogP contribution in [0, 0.1) is 0 Å². The molecule has 0 aliphatic carbocycles. The molecule has 0 radical (unpaired) electrons. The fraction of sp³-hybridized carbons (Fsp3) is 0.400. The van der Waals surface area contributed by atoms with Crippen molar-refractivity contribution in [2.24, 2.45) is 0 Å². The smallest absolute Gasteiger partial charge is 0.267 e. The standard InChI is InChI=1S/C15H19N3O3S2/c1-4-10(21-12-9-7-6-8-11(12)20-3)13(19)16-14-17-18-15(23-14)22-5-2/h6-10H,4-5H2,1-3H3,(H,16,17,19)/t10-/m1/s1. The van der Waals surface area contributed by atoms with Gasteiger partial charge in [-0.2, -0.15) is 0 Å². The van der Waals surface area contributed by atoms with Gasteiger partial charge in [0.15, 0.2) is 21.9 Å². The lowest BCUT2D eigenvalue weighted by molar-refractivity contribution is -0.122. The first-order valence-corrected chi connectivity index (χ1v) is 9.05. The van der Waals surface area contributed by atoms with Crippen LogP contribution < -0.4 is 14.8 Å². The summed E-state index contributed by atoms with van der Waals surface area (Å²) in [6, 6.07) is 7.25. The molecular formula is C15H19N3O3S2. The molecule has 124 valence electrons.